The minimum absolute atomic E-state index is 0.668. The van der Waals surface area contributed by atoms with Gasteiger partial charge in [0.25, 0.3) is 0 Å². The lowest BCUT2D eigenvalue weighted by Gasteiger charge is -2.04. The molecule has 0 heterocycles. The highest BCUT2D eigenvalue weighted by molar-refractivity contribution is 6.35. The van der Waals surface area contributed by atoms with Crippen molar-refractivity contribution in [2.75, 3.05) is 13.1 Å². The molecule has 3 heteroatoms. The van der Waals surface area contributed by atoms with Gasteiger partial charge in [-0.2, -0.15) is 0 Å². The standard InChI is InChI=1S/C12H15Cl2N/c1-3-15-8-9(2)6-10-4-5-11(13)7-12(10)14/h4-7,15H,3,8H2,1-2H3. The Bertz CT molecular complexity index is 359. The molecule has 0 aliphatic rings. The van der Waals surface area contributed by atoms with Crippen LogP contribution in [0.1, 0.15) is 19.4 Å². The minimum Gasteiger partial charge on any atom is -0.313 e. The van der Waals surface area contributed by atoms with Crippen LogP contribution >= 0.6 is 23.2 Å². The third-order valence-electron chi connectivity index (χ3n) is 2.02. The fourth-order valence-corrected chi connectivity index (χ4v) is 1.72. The Morgan fingerprint density at radius 3 is 2.73 bits per heavy atom. The molecular weight excluding hydrogens is 229 g/mol. The van der Waals surface area contributed by atoms with Crippen LogP contribution in [0.5, 0.6) is 0 Å². The largest absolute Gasteiger partial charge is 0.313 e. The number of benzene rings is 1. The van der Waals surface area contributed by atoms with Crippen LogP contribution < -0.4 is 5.32 Å². The highest BCUT2D eigenvalue weighted by atomic mass is 35.5. The highest BCUT2D eigenvalue weighted by Gasteiger charge is 1.98. The van der Waals surface area contributed by atoms with Crippen molar-refractivity contribution in [3.8, 4) is 0 Å². The number of rotatable bonds is 4. The highest BCUT2D eigenvalue weighted by Crippen LogP contribution is 2.22. The van der Waals surface area contributed by atoms with E-state index in [4.69, 9.17) is 23.2 Å². The van der Waals surface area contributed by atoms with Gasteiger partial charge in [-0.15, -0.1) is 0 Å². The van der Waals surface area contributed by atoms with Crippen LogP contribution in [0.4, 0.5) is 0 Å². The van der Waals surface area contributed by atoms with Crippen molar-refractivity contribution in [2.24, 2.45) is 0 Å². The Kier molecular flexibility index (Phi) is 5.16. The van der Waals surface area contributed by atoms with Crippen LogP contribution in [0.3, 0.4) is 0 Å². The molecule has 0 unspecified atom stereocenters. The molecule has 0 atom stereocenters. The molecule has 0 fully saturated rings. The van der Waals surface area contributed by atoms with Gasteiger partial charge in [0.2, 0.25) is 0 Å². The van der Waals surface area contributed by atoms with E-state index >= 15 is 0 Å². The van der Waals surface area contributed by atoms with Crippen molar-refractivity contribution in [2.45, 2.75) is 13.8 Å². The molecule has 0 aliphatic heterocycles. The zero-order valence-corrected chi connectivity index (χ0v) is 10.5. The van der Waals surface area contributed by atoms with Gasteiger partial charge >= 0.3 is 0 Å². The summed E-state index contributed by atoms with van der Waals surface area (Å²) in [5, 5.41) is 4.62. The van der Waals surface area contributed by atoms with Crippen LogP contribution in [-0.4, -0.2) is 13.1 Å². The van der Waals surface area contributed by atoms with Gasteiger partial charge < -0.3 is 5.32 Å². The zero-order valence-electron chi connectivity index (χ0n) is 8.98. The predicted molar refractivity (Wildman–Crippen MR) is 68.7 cm³/mol. The molecular formula is C12H15Cl2N. The second-order valence-corrected chi connectivity index (χ2v) is 4.28. The molecule has 1 aromatic rings. The molecule has 0 aromatic heterocycles. The summed E-state index contributed by atoms with van der Waals surface area (Å²) in [4.78, 5) is 0. The lowest BCUT2D eigenvalue weighted by Crippen LogP contribution is -2.14. The first kappa shape index (κ1) is 12.6. The Labute approximate surface area is 101 Å². The van der Waals surface area contributed by atoms with Crippen molar-refractivity contribution < 1.29 is 0 Å². The summed E-state index contributed by atoms with van der Waals surface area (Å²) >= 11 is 11.9. The van der Waals surface area contributed by atoms with Crippen molar-refractivity contribution in [3.05, 3.63) is 39.4 Å². The number of hydrogen-bond donors (Lipinski definition) is 1. The molecule has 1 rings (SSSR count). The van der Waals surface area contributed by atoms with Gasteiger partial charge in [-0.3, -0.25) is 0 Å². The van der Waals surface area contributed by atoms with E-state index in [9.17, 15) is 0 Å². The summed E-state index contributed by atoms with van der Waals surface area (Å²) in [6.45, 7) is 6.02. The van der Waals surface area contributed by atoms with E-state index in [1.54, 1.807) is 6.07 Å². The summed E-state index contributed by atoms with van der Waals surface area (Å²) < 4.78 is 0. The Morgan fingerprint density at radius 2 is 2.13 bits per heavy atom. The second kappa shape index (κ2) is 6.16. The first-order chi connectivity index (χ1) is 7.13. The van der Waals surface area contributed by atoms with Crippen molar-refractivity contribution >= 4 is 29.3 Å². The molecule has 82 valence electrons. The molecule has 1 nitrogen and oxygen atoms in total. The van der Waals surface area contributed by atoms with E-state index < -0.39 is 0 Å². The van der Waals surface area contributed by atoms with E-state index in [2.05, 4.69) is 25.2 Å². The van der Waals surface area contributed by atoms with Gasteiger partial charge in [0.15, 0.2) is 0 Å². The van der Waals surface area contributed by atoms with Crippen LogP contribution in [0, 0.1) is 0 Å². The smallest absolute Gasteiger partial charge is 0.0493 e. The predicted octanol–water partition coefficient (Wildman–Crippen LogP) is 4.01. The minimum atomic E-state index is 0.668. The van der Waals surface area contributed by atoms with Gasteiger partial charge in [-0.1, -0.05) is 47.8 Å². The van der Waals surface area contributed by atoms with Crippen LogP contribution in [0.2, 0.25) is 10.0 Å². The van der Waals surface area contributed by atoms with E-state index in [-0.39, 0.29) is 0 Å². The first-order valence-corrected chi connectivity index (χ1v) is 5.72. The molecule has 0 amide bonds. The van der Waals surface area contributed by atoms with E-state index in [0.717, 1.165) is 18.7 Å². The normalized spacial score (nSPS) is 11.9. The number of nitrogens with one attached hydrogen (secondary N) is 1. The number of likely N-dealkylation sites (N-methyl/N-ethyl adjacent to an activating group) is 1. The molecule has 0 radical (unpaired) electrons. The van der Waals surface area contributed by atoms with Crippen LogP contribution in [0.25, 0.3) is 6.08 Å². The summed E-state index contributed by atoms with van der Waals surface area (Å²) in [6, 6.07) is 5.54. The molecule has 1 N–H and O–H groups in total. The average Bonchev–Trinajstić information content (AvgIpc) is 2.19. The topological polar surface area (TPSA) is 12.0 Å². The molecule has 0 spiro atoms. The summed E-state index contributed by atoms with van der Waals surface area (Å²) in [7, 11) is 0. The third kappa shape index (κ3) is 4.25. The maximum Gasteiger partial charge on any atom is 0.0493 e. The quantitative estimate of drug-likeness (QED) is 0.843. The summed E-state index contributed by atoms with van der Waals surface area (Å²) in [6.07, 6.45) is 2.07. The maximum atomic E-state index is 6.06. The second-order valence-electron chi connectivity index (χ2n) is 3.44. The molecule has 1 aromatic carbocycles. The number of hydrogen-bond acceptors (Lipinski definition) is 1. The van der Waals surface area contributed by atoms with Gasteiger partial charge in [-0.25, -0.2) is 0 Å². The fraction of sp³-hybridized carbons (Fsp3) is 0.333. The van der Waals surface area contributed by atoms with E-state index in [1.807, 2.05) is 12.1 Å². The van der Waals surface area contributed by atoms with Crippen LogP contribution in [0.15, 0.2) is 23.8 Å². The molecule has 0 saturated heterocycles. The monoisotopic (exact) mass is 243 g/mol. The Hall–Kier alpha value is -0.500. The van der Waals surface area contributed by atoms with E-state index in [0.29, 0.717) is 10.0 Å². The lowest BCUT2D eigenvalue weighted by atomic mass is 10.1. The van der Waals surface area contributed by atoms with E-state index in [1.165, 1.54) is 5.57 Å². The van der Waals surface area contributed by atoms with Gasteiger partial charge in [0, 0.05) is 16.6 Å². The van der Waals surface area contributed by atoms with Gasteiger partial charge in [-0.05, 0) is 31.2 Å². The maximum absolute atomic E-state index is 6.06. The lowest BCUT2D eigenvalue weighted by molar-refractivity contribution is 0.778. The Balaban J connectivity index is 2.78. The fourth-order valence-electron chi connectivity index (χ4n) is 1.26. The first-order valence-electron chi connectivity index (χ1n) is 4.96. The van der Waals surface area contributed by atoms with Crippen LogP contribution in [-0.2, 0) is 0 Å². The molecule has 0 bridgehead atoms. The van der Waals surface area contributed by atoms with Crippen molar-refractivity contribution in [1.82, 2.24) is 5.32 Å². The zero-order chi connectivity index (χ0) is 11.3. The van der Waals surface area contributed by atoms with Crippen molar-refractivity contribution in [3.63, 3.8) is 0 Å². The molecule has 15 heavy (non-hydrogen) atoms. The van der Waals surface area contributed by atoms with Crippen molar-refractivity contribution in [1.29, 1.82) is 0 Å². The van der Waals surface area contributed by atoms with Gasteiger partial charge in [0.1, 0.15) is 0 Å². The van der Waals surface area contributed by atoms with Gasteiger partial charge in [0.05, 0.1) is 0 Å². The molecule has 0 aliphatic carbocycles. The summed E-state index contributed by atoms with van der Waals surface area (Å²) in [5.74, 6) is 0. The third-order valence-corrected chi connectivity index (χ3v) is 2.58. The SMILES string of the molecule is CCNCC(C)=Cc1ccc(Cl)cc1Cl. The Morgan fingerprint density at radius 1 is 1.40 bits per heavy atom. The summed E-state index contributed by atoms with van der Waals surface area (Å²) in [5.41, 5.74) is 2.26. The number of halogens is 2. The molecule has 0 saturated carbocycles. The average molecular weight is 244 g/mol.